The summed E-state index contributed by atoms with van der Waals surface area (Å²) in [6.45, 7) is 0. The van der Waals surface area contributed by atoms with Crippen molar-refractivity contribution >= 4 is 0 Å². The van der Waals surface area contributed by atoms with Crippen LogP contribution in [0.3, 0.4) is 0 Å². The highest BCUT2D eigenvalue weighted by Crippen LogP contribution is 2.47. The van der Waals surface area contributed by atoms with E-state index in [9.17, 15) is 4.39 Å². The van der Waals surface area contributed by atoms with E-state index in [1.807, 2.05) is 6.07 Å². The summed E-state index contributed by atoms with van der Waals surface area (Å²) in [5.74, 6) is -0.0282. The molecule has 1 aromatic rings. The van der Waals surface area contributed by atoms with E-state index in [1.54, 1.807) is 6.07 Å². The maximum absolute atomic E-state index is 14.2. The zero-order valence-corrected chi connectivity index (χ0v) is 10.2. The molecule has 1 aromatic carbocycles. The number of hydrogen-bond acceptors (Lipinski definition) is 1. The second kappa shape index (κ2) is 4.09. The predicted octanol–water partition coefficient (Wildman–Crippen LogP) is 3.30. The minimum absolute atomic E-state index is 0.0282. The average molecular weight is 233 g/mol. The van der Waals surface area contributed by atoms with E-state index in [0.29, 0.717) is 0 Å². The van der Waals surface area contributed by atoms with Gasteiger partial charge in [0, 0.05) is 11.5 Å². The lowest BCUT2D eigenvalue weighted by molar-refractivity contribution is 0.214. The summed E-state index contributed by atoms with van der Waals surface area (Å²) in [6.07, 6.45) is 7.76. The Labute approximate surface area is 102 Å². The van der Waals surface area contributed by atoms with Crippen molar-refractivity contribution in [1.29, 1.82) is 0 Å². The number of halogens is 1. The Morgan fingerprint density at radius 3 is 2.71 bits per heavy atom. The number of hydrogen-bond donors (Lipinski definition) is 1. The first-order valence-electron chi connectivity index (χ1n) is 6.77. The molecule has 1 spiro atoms. The number of benzene rings is 1. The third-order valence-electron chi connectivity index (χ3n) is 4.78. The molecule has 17 heavy (non-hydrogen) atoms. The van der Waals surface area contributed by atoms with E-state index in [0.717, 1.165) is 31.2 Å². The van der Waals surface area contributed by atoms with Gasteiger partial charge in [-0.05, 0) is 42.9 Å². The van der Waals surface area contributed by atoms with Crippen LogP contribution in [-0.4, -0.2) is 6.04 Å². The van der Waals surface area contributed by atoms with Gasteiger partial charge in [-0.2, -0.15) is 0 Å². The minimum atomic E-state index is -0.0584. The fourth-order valence-electron chi connectivity index (χ4n) is 3.91. The van der Waals surface area contributed by atoms with Crippen molar-refractivity contribution in [2.75, 3.05) is 0 Å². The summed E-state index contributed by atoms with van der Waals surface area (Å²) in [6, 6.07) is 5.67. The molecule has 0 saturated heterocycles. The summed E-state index contributed by atoms with van der Waals surface area (Å²) < 4.78 is 14.2. The van der Waals surface area contributed by atoms with Crippen LogP contribution in [0.5, 0.6) is 0 Å². The van der Waals surface area contributed by atoms with Gasteiger partial charge in [0.1, 0.15) is 5.82 Å². The molecule has 0 radical (unpaired) electrons. The normalized spacial score (nSPS) is 26.8. The molecule has 1 atom stereocenters. The van der Waals surface area contributed by atoms with Crippen LogP contribution >= 0.6 is 0 Å². The largest absolute Gasteiger partial charge is 0.327 e. The van der Waals surface area contributed by atoms with Crippen molar-refractivity contribution in [3.8, 4) is 0 Å². The van der Waals surface area contributed by atoms with Crippen molar-refractivity contribution in [1.82, 2.24) is 0 Å². The van der Waals surface area contributed by atoms with Crippen LogP contribution in [0.1, 0.15) is 49.7 Å². The molecular formula is C15H20FN. The first-order chi connectivity index (χ1) is 8.24. The summed E-state index contributed by atoms with van der Waals surface area (Å²) in [5.41, 5.74) is 8.46. The summed E-state index contributed by atoms with van der Waals surface area (Å²) >= 11 is 0. The van der Waals surface area contributed by atoms with Crippen LogP contribution in [0.2, 0.25) is 0 Å². The monoisotopic (exact) mass is 233 g/mol. The fourth-order valence-corrected chi connectivity index (χ4v) is 3.91. The van der Waals surface area contributed by atoms with Crippen LogP contribution in [0.25, 0.3) is 0 Å². The molecule has 0 aliphatic heterocycles. The summed E-state index contributed by atoms with van der Waals surface area (Å²) in [5, 5.41) is 0. The quantitative estimate of drug-likeness (QED) is 0.731. The molecule has 2 N–H and O–H groups in total. The second-order valence-corrected chi connectivity index (χ2v) is 5.64. The van der Waals surface area contributed by atoms with E-state index in [1.165, 1.54) is 24.8 Å². The van der Waals surface area contributed by atoms with Gasteiger partial charge in [0.05, 0.1) is 0 Å². The van der Waals surface area contributed by atoms with Gasteiger partial charge < -0.3 is 5.73 Å². The summed E-state index contributed by atoms with van der Waals surface area (Å²) in [4.78, 5) is 0. The molecule has 1 unspecified atom stereocenters. The van der Waals surface area contributed by atoms with E-state index in [4.69, 9.17) is 5.73 Å². The van der Waals surface area contributed by atoms with Crippen LogP contribution in [0, 0.1) is 5.82 Å². The van der Waals surface area contributed by atoms with E-state index >= 15 is 0 Å². The number of aryl methyl sites for hydroxylation is 1. The first-order valence-corrected chi connectivity index (χ1v) is 6.77. The lowest BCUT2D eigenvalue weighted by Crippen LogP contribution is -2.50. The molecule has 3 rings (SSSR count). The topological polar surface area (TPSA) is 26.0 Å². The molecule has 0 aromatic heterocycles. The lowest BCUT2D eigenvalue weighted by atomic mass is 9.60. The Morgan fingerprint density at radius 1 is 1.18 bits per heavy atom. The molecule has 0 heterocycles. The van der Waals surface area contributed by atoms with Crippen LogP contribution in [0.4, 0.5) is 4.39 Å². The Balaban J connectivity index is 2.15. The number of fused-ring (bicyclic) bond motifs is 2. The molecule has 2 aliphatic carbocycles. The van der Waals surface area contributed by atoms with Crippen LogP contribution in [0.15, 0.2) is 18.2 Å². The van der Waals surface area contributed by atoms with Crippen molar-refractivity contribution in [3.63, 3.8) is 0 Å². The van der Waals surface area contributed by atoms with Crippen molar-refractivity contribution in [2.24, 2.45) is 5.73 Å². The average Bonchev–Trinajstić information content (AvgIpc) is 2.35. The maximum atomic E-state index is 14.2. The Kier molecular flexibility index (Phi) is 2.70. The Morgan fingerprint density at radius 2 is 1.94 bits per heavy atom. The van der Waals surface area contributed by atoms with Gasteiger partial charge in [0.15, 0.2) is 0 Å². The van der Waals surface area contributed by atoms with Crippen LogP contribution < -0.4 is 5.73 Å². The SMILES string of the molecule is NC1CCc2cccc(F)c2C12CCCCC2. The van der Waals surface area contributed by atoms with Crippen molar-refractivity contribution in [2.45, 2.75) is 56.4 Å². The van der Waals surface area contributed by atoms with Gasteiger partial charge in [-0.25, -0.2) is 4.39 Å². The zero-order valence-electron chi connectivity index (χ0n) is 10.2. The summed E-state index contributed by atoms with van der Waals surface area (Å²) in [7, 11) is 0. The smallest absolute Gasteiger partial charge is 0.127 e. The van der Waals surface area contributed by atoms with E-state index in [2.05, 4.69) is 6.07 Å². The Hall–Kier alpha value is -0.890. The molecule has 2 aliphatic rings. The molecular weight excluding hydrogens is 213 g/mol. The van der Waals surface area contributed by atoms with Crippen LogP contribution in [-0.2, 0) is 11.8 Å². The van der Waals surface area contributed by atoms with Gasteiger partial charge in [-0.3, -0.25) is 0 Å². The van der Waals surface area contributed by atoms with Gasteiger partial charge in [-0.1, -0.05) is 31.4 Å². The standard InChI is InChI=1S/C15H20FN/c16-12-6-4-5-11-7-8-13(17)15(14(11)12)9-2-1-3-10-15/h4-6,13H,1-3,7-10,17H2. The fraction of sp³-hybridized carbons (Fsp3) is 0.600. The highest BCUT2D eigenvalue weighted by atomic mass is 19.1. The first kappa shape index (κ1) is 11.2. The molecule has 0 amide bonds. The molecule has 1 fully saturated rings. The highest BCUT2D eigenvalue weighted by molar-refractivity contribution is 5.40. The minimum Gasteiger partial charge on any atom is -0.327 e. The van der Waals surface area contributed by atoms with Crippen molar-refractivity contribution < 1.29 is 4.39 Å². The molecule has 2 heteroatoms. The number of rotatable bonds is 0. The number of nitrogens with two attached hydrogens (primary N) is 1. The van der Waals surface area contributed by atoms with Gasteiger partial charge in [-0.15, -0.1) is 0 Å². The third-order valence-corrected chi connectivity index (χ3v) is 4.78. The third kappa shape index (κ3) is 1.61. The molecule has 0 bridgehead atoms. The van der Waals surface area contributed by atoms with Gasteiger partial charge in [0.25, 0.3) is 0 Å². The van der Waals surface area contributed by atoms with E-state index in [-0.39, 0.29) is 17.3 Å². The molecule has 92 valence electrons. The second-order valence-electron chi connectivity index (χ2n) is 5.64. The van der Waals surface area contributed by atoms with Gasteiger partial charge >= 0.3 is 0 Å². The molecule has 1 nitrogen and oxygen atoms in total. The maximum Gasteiger partial charge on any atom is 0.127 e. The zero-order chi connectivity index (χ0) is 11.9. The predicted molar refractivity (Wildman–Crippen MR) is 67.5 cm³/mol. The highest BCUT2D eigenvalue weighted by Gasteiger charge is 2.44. The molecule has 1 saturated carbocycles. The van der Waals surface area contributed by atoms with Crippen molar-refractivity contribution in [3.05, 3.63) is 35.1 Å². The lowest BCUT2D eigenvalue weighted by Gasteiger charge is -2.46. The Bertz CT molecular complexity index is 421. The van der Waals surface area contributed by atoms with E-state index < -0.39 is 0 Å². The van der Waals surface area contributed by atoms with Gasteiger partial charge in [0.2, 0.25) is 0 Å².